The molecular weight excluding hydrogens is 344 g/mol. The molecule has 2 rings (SSSR count). The van der Waals surface area contributed by atoms with Crippen LogP contribution in [-0.2, 0) is 14.3 Å². The van der Waals surface area contributed by atoms with Crippen molar-refractivity contribution in [1.29, 1.82) is 0 Å². The van der Waals surface area contributed by atoms with Crippen molar-refractivity contribution in [2.45, 2.75) is 19.1 Å². The van der Waals surface area contributed by atoms with Gasteiger partial charge < -0.3 is 14.6 Å². The summed E-state index contributed by atoms with van der Waals surface area (Å²) in [6.07, 6.45) is -0.985. The molecule has 0 amide bonds. The van der Waals surface area contributed by atoms with E-state index in [4.69, 9.17) is 13.7 Å². The summed E-state index contributed by atoms with van der Waals surface area (Å²) in [6, 6.07) is 16.1. The van der Waals surface area contributed by atoms with Gasteiger partial charge in [0.05, 0.1) is 19.5 Å². The van der Waals surface area contributed by atoms with Crippen LogP contribution in [-0.4, -0.2) is 39.1 Å². The van der Waals surface area contributed by atoms with Crippen LogP contribution in [0.25, 0.3) is 0 Å². The minimum Gasteiger partial charge on any atom is -0.490 e. The van der Waals surface area contributed by atoms with Crippen LogP contribution in [0.2, 0.25) is 0 Å². The number of para-hydroxylation sites is 2. The van der Waals surface area contributed by atoms with Gasteiger partial charge in [-0.25, -0.2) is 0 Å². The van der Waals surface area contributed by atoms with Gasteiger partial charge in [0.25, 0.3) is 10.1 Å². The van der Waals surface area contributed by atoms with Gasteiger partial charge >= 0.3 is 0 Å². The van der Waals surface area contributed by atoms with Crippen molar-refractivity contribution < 1.29 is 27.2 Å². The maximum absolute atomic E-state index is 11.5. The third-order valence-electron chi connectivity index (χ3n) is 3.35. The second kappa shape index (κ2) is 8.84. The van der Waals surface area contributed by atoms with Crippen molar-refractivity contribution in [2.75, 3.05) is 19.5 Å². The number of hydrogen-bond donors (Lipinski definition) is 1. The lowest BCUT2D eigenvalue weighted by Crippen LogP contribution is -2.32. The monoisotopic (exact) mass is 366 g/mol. The molecule has 0 spiro atoms. The van der Waals surface area contributed by atoms with E-state index in [2.05, 4.69) is 0 Å². The fraction of sp³-hybridized carbons (Fsp3) is 0.333. The summed E-state index contributed by atoms with van der Waals surface area (Å²) in [4.78, 5) is 0. The molecule has 0 radical (unpaired) electrons. The van der Waals surface area contributed by atoms with E-state index < -0.39 is 28.9 Å². The number of aliphatic hydroxyl groups excluding tert-OH is 1. The van der Waals surface area contributed by atoms with E-state index in [-0.39, 0.29) is 0 Å². The number of rotatable bonds is 9. The van der Waals surface area contributed by atoms with E-state index >= 15 is 0 Å². The molecule has 0 aliphatic heterocycles. The van der Waals surface area contributed by atoms with Gasteiger partial charge in [0.1, 0.15) is 6.10 Å². The SMILES string of the molecule is CCOc1ccccc1O[C@H](c1ccccc1)[C@H](CO)OS(C)(=O)=O. The van der Waals surface area contributed by atoms with Crippen LogP contribution in [0.3, 0.4) is 0 Å². The third-order valence-corrected chi connectivity index (χ3v) is 3.94. The quantitative estimate of drug-likeness (QED) is 0.687. The molecule has 0 heterocycles. The van der Waals surface area contributed by atoms with Crippen molar-refractivity contribution in [1.82, 2.24) is 0 Å². The molecule has 0 fully saturated rings. The van der Waals surface area contributed by atoms with Gasteiger partial charge in [-0.3, -0.25) is 4.18 Å². The van der Waals surface area contributed by atoms with Crippen LogP contribution in [0.15, 0.2) is 54.6 Å². The molecule has 1 N–H and O–H groups in total. The average Bonchev–Trinajstić information content (AvgIpc) is 2.59. The molecule has 0 aromatic heterocycles. The molecule has 2 atom stereocenters. The van der Waals surface area contributed by atoms with Crippen molar-refractivity contribution in [3.63, 3.8) is 0 Å². The molecule has 0 saturated carbocycles. The van der Waals surface area contributed by atoms with Gasteiger partial charge in [0.15, 0.2) is 17.6 Å². The highest BCUT2D eigenvalue weighted by atomic mass is 32.2. The predicted molar refractivity (Wildman–Crippen MR) is 94.2 cm³/mol. The van der Waals surface area contributed by atoms with Gasteiger partial charge in [0.2, 0.25) is 0 Å². The zero-order valence-corrected chi connectivity index (χ0v) is 15.0. The molecule has 7 heteroatoms. The lowest BCUT2D eigenvalue weighted by molar-refractivity contribution is 0.0178. The molecule has 0 bridgehead atoms. The first kappa shape index (κ1) is 19.2. The smallest absolute Gasteiger partial charge is 0.264 e. The lowest BCUT2D eigenvalue weighted by atomic mass is 10.0. The Balaban J connectivity index is 2.38. The van der Waals surface area contributed by atoms with Crippen LogP contribution in [0.5, 0.6) is 11.5 Å². The Bertz CT molecular complexity index is 760. The van der Waals surface area contributed by atoms with E-state index in [1.807, 2.05) is 19.1 Å². The Morgan fingerprint density at radius 3 is 2.16 bits per heavy atom. The molecule has 0 unspecified atom stereocenters. The van der Waals surface area contributed by atoms with Gasteiger partial charge in [-0.05, 0) is 24.6 Å². The van der Waals surface area contributed by atoms with E-state index in [0.29, 0.717) is 23.7 Å². The van der Waals surface area contributed by atoms with Crippen molar-refractivity contribution in [3.8, 4) is 11.5 Å². The van der Waals surface area contributed by atoms with Crippen molar-refractivity contribution in [2.24, 2.45) is 0 Å². The Hall–Kier alpha value is -2.09. The predicted octanol–water partition coefficient (Wildman–Crippen LogP) is 2.54. The minimum atomic E-state index is -3.77. The molecule has 0 saturated heterocycles. The lowest BCUT2D eigenvalue weighted by Gasteiger charge is -2.27. The number of benzene rings is 2. The first-order valence-electron chi connectivity index (χ1n) is 7.87. The second-order valence-corrected chi connectivity index (χ2v) is 6.95. The largest absolute Gasteiger partial charge is 0.490 e. The molecular formula is C18H22O6S. The van der Waals surface area contributed by atoms with Gasteiger partial charge in [-0.1, -0.05) is 42.5 Å². The Morgan fingerprint density at radius 2 is 1.60 bits per heavy atom. The zero-order valence-electron chi connectivity index (χ0n) is 14.2. The zero-order chi connectivity index (χ0) is 18.3. The standard InChI is InChI=1S/C18H22O6S/c1-3-22-15-11-7-8-12-16(15)23-18(14-9-5-4-6-10-14)17(13-19)24-25(2,20)21/h4-12,17-19H,3,13H2,1-2H3/t17-,18+/m0/s1. The molecule has 136 valence electrons. The molecule has 2 aromatic carbocycles. The van der Waals surface area contributed by atoms with Crippen LogP contribution >= 0.6 is 0 Å². The van der Waals surface area contributed by atoms with E-state index in [1.165, 1.54) is 0 Å². The van der Waals surface area contributed by atoms with Crippen LogP contribution in [0.1, 0.15) is 18.6 Å². The Labute approximate surface area is 148 Å². The summed E-state index contributed by atoms with van der Waals surface area (Å²) in [5.74, 6) is 0.968. The highest BCUT2D eigenvalue weighted by Gasteiger charge is 2.29. The van der Waals surface area contributed by atoms with Crippen molar-refractivity contribution >= 4 is 10.1 Å². The first-order chi connectivity index (χ1) is 11.9. The second-order valence-electron chi connectivity index (χ2n) is 5.35. The molecule has 2 aromatic rings. The normalized spacial score (nSPS) is 13.9. The summed E-state index contributed by atoms with van der Waals surface area (Å²) >= 11 is 0. The van der Waals surface area contributed by atoms with Gasteiger partial charge in [0, 0.05) is 0 Å². The Morgan fingerprint density at radius 1 is 1.00 bits per heavy atom. The summed E-state index contributed by atoms with van der Waals surface area (Å²) in [6.45, 7) is 1.79. The van der Waals surface area contributed by atoms with Crippen LogP contribution < -0.4 is 9.47 Å². The van der Waals surface area contributed by atoms with E-state index in [1.54, 1.807) is 42.5 Å². The van der Waals surface area contributed by atoms with Crippen LogP contribution in [0.4, 0.5) is 0 Å². The maximum atomic E-state index is 11.5. The molecule has 25 heavy (non-hydrogen) atoms. The van der Waals surface area contributed by atoms with Gasteiger partial charge in [-0.15, -0.1) is 0 Å². The van der Waals surface area contributed by atoms with Crippen molar-refractivity contribution in [3.05, 3.63) is 60.2 Å². The minimum absolute atomic E-state index is 0.439. The maximum Gasteiger partial charge on any atom is 0.264 e. The van der Waals surface area contributed by atoms with Crippen LogP contribution in [0, 0.1) is 0 Å². The third kappa shape index (κ3) is 5.74. The summed E-state index contributed by atoms with van der Waals surface area (Å²) in [7, 11) is -3.77. The highest BCUT2D eigenvalue weighted by molar-refractivity contribution is 7.86. The fourth-order valence-electron chi connectivity index (χ4n) is 2.36. The highest BCUT2D eigenvalue weighted by Crippen LogP contribution is 2.33. The summed E-state index contributed by atoms with van der Waals surface area (Å²) in [5, 5.41) is 9.67. The summed E-state index contributed by atoms with van der Waals surface area (Å²) in [5.41, 5.74) is 0.677. The molecule has 6 nitrogen and oxygen atoms in total. The van der Waals surface area contributed by atoms with E-state index in [9.17, 15) is 13.5 Å². The number of aliphatic hydroxyl groups is 1. The average molecular weight is 366 g/mol. The molecule has 0 aliphatic carbocycles. The number of ether oxygens (including phenoxy) is 2. The first-order valence-corrected chi connectivity index (χ1v) is 9.68. The topological polar surface area (TPSA) is 82.1 Å². The van der Waals surface area contributed by atoms with E-state index in [0.717, 1.165) is 6.26 Å². The van der Waals surface area contributed by atoms with Gasteiger partial charge in [-0.2, -0.15) is 8.42 Å². The fourth-order valence-corrected chi connectivity index (χ4v) is 2.97. The number of hydrogen-bond acceptors (Lipinski definition) is 6. The Kier molecular flexibility index (Phi) is 6.81. The molecule has 0 aliphatic rings. The summed E-state index contributed by atoms with van der Waals surface area (Å²) < 4.78 is 39.7.